The molecule has 3 aromatic rings. The van der Waals surface area contributed by atoms with Crippen LogP contribution in [0.3, 0.4) is 0 Å². The van der Waals surface area contributed by atoms with Gasteiger partial charge in [0.05, 0.1) is 17.1 Å². The molecule has 0 bridgehead atoms. The number of thiophene rings is 1. The van der Waals surface area contributed by atoms with Crippen LogP contribution >= 0.6 is 11.3 Å². The first-order valence-electron chi connectivity index (χ1n) is 6.12. The van der Waals surface area contributed by atoms with Crippen LogP contribution in [0.25, 0.3) is 11.0 Å². The average molecular weight is 294 g/mol. The second-order valence-corrected chi connectivity index (χ2v) is 5.38. The van der Waals surface area contributed by atoms with Gasteiger partial charge in [0.2, 0.25) is 0 Å². The van der Waals surface area contributed by atoms with Crippen molar-refractivity contribution in [1.29, 1.82) is 0 Å². The molecule has 0 spiro atoms. The number of hydrogen-bond acceptors (Lipinski definition) is 3. The van der Waals surface area contributed by atoms with Crippen molar-refractivity contribution in [3.8, 4) is 0 Å². The fraction of sp³-hybridized carbons (Fsp3) is 0.214. The predicted octanol–water partition coefficient (Wildman–Crippen LogP) is 3.77. The van der Waals surface area contributed by atoms with Crippen molar-refractivity contribution in [2.45, 2.75) is 19.1 Å². The monoisotopic (exact) mass is 294 g/mol. The summed E-state index contributed by atoms with van der Waals surface area (Å²) in [4.78, 5) is 4.96. The summed E-state index contributed by atoms with van der Waals surface area (Å²) in [5, 5.41) is 11.9. The summed E-state index contributed by atoms with van der Waals surface area (Å²) in [7, 11) is 0. The summed E-state index contributed by atoms with van der Waals surface area (Å²) in [5.41, 5.74) is 0.900. The number of halogens is 2. The van der Waals surface area contributed by atoms with E-state index in [9.17, 15) is 13.9 Å². The van der Waals surface area contributed by atoms with E-state index in [1.165, 1.54) is 11.3 Å². The molecule has 0 fully saturated rings. The quantitative estimate of drug-likeness (QED) is 0.795. The number of alkyl halides is 2. The highest BCUT2D eigenvalue weighted by Gasteiger charge is 2.20. The largest absolute Gasteiger partial charge is 0.387 e. The number of benzene rings is 1. The summed E-state index contributed by atoms with van der Waals surface area (Å²) >= 11 is 1.40. The van der Waals surface area contributed by atoms with Crippen LogP contribution in [0.15, 0.2) is 41.8 Å². The third-order valence-electron chi connectivity index (χ3n) is 3.11. The topological polar surface area (TPSA) is 38.1 Å². The number of hydrogen-bond donors (Lipinski definition) is 1. The highest BCUT2D eigenvalue weighted by Crippen LogP contribution is 2.27. The third kappa shape index (κ3) is 2.32. The molecule has 2 heterocycles. The zero-order valence-corrected chi connectivity index (χ0v) is 11.2. The molecule has 104 valence electrons. The Bertz CT molecular complexity index is 709. The van der Waals surface area contributed by atoms with E-state index in [1.54, 1.807) is 30.3 Å². The van der Waals surface area contributed by atoms with E-state index >= 15 is 0 Å². The molecule has 1 atom stereocenters. The molecule has 3 nitrogen and oxygen atoms in total. The van der Waals surface area contributed by atoms with Crippen LogP contribution in [-0.4, -0.2) is 14.7 Å². The number of aromatic nitrogens is 2. The van der Waals surface area contributed by atoms with Gasteiger partial charge in [-0.15, -0.1) is 11.3 Å². The minimum absolute atomic E-state index is 0.0690. The number of nitrogens with zero attached hydrogens (tertiary/aromatic N) is 2. The molecule has 0 aliphatic carbocycles. The van der Waals surface area contributed by atoms with Crippen LogP contribution in [0.1, 0.15) is 23.4 Å². The summed E-state index contributed by atoms with van der Waals surface area (Å²) in [6.45, 7) is -2.67. The first-order chi connectivity index (χ1) is 9.66. The Morgan fingerprint density at radius 3 is 2.70 bits per heavy atom. The minimum Gasteiger partial charge on any atom is -0.387 e. The molecular weight excluding hydrogens is 282 g/mol. The summed E-state index contributed by atoms with van der Waals surface area (Å²) in [6, 6.07) is 10.3. The van der Waals surface area contributed by atoms with Gasteiger partial charge >= 0.3 is 6.55 Å². The number of aliphatic hydroxyl groups excluding tert-OH is 1. The van der Waals surface area contributed by atoms with E-state index < -0.39 is 12.7 Å². The Morgan fingerprint density at radius 2 is 2.00 bits per heavy atom. The molecule has 2 aromatic heterocycles. The first kappa shape index (κ1) is 13.2. The Balaban J connectivity index is 2.00. The lowest BCUT2D eigenvalue weighted by molar-refractivity contribution is 0.0686. The second kappa shape index (κ2) is 5.30. The van der Waals surface area contributed by atoms with Gasteiger partial charge in [-0.3, -0.25) is 4.57 Å². The van der Waals surface area contributed by atoms with E-state index in [-0.39, 0.29) is 12.2 Å². The highest BCUT2D eigenvalue weighted by molar-refractivity contribution is 7.10. The van der Waals surface area contributed by atoms with Crippen LogP contribution in [0.2, 0.25) is 0 Å². The fourth-order valence-corrected chi connectivity index (χ4v) is 2.92. The average Bonchev–Trinajstić information content (AvgIpc) is 3.05. The smallest absolute Gasteiger partial charge is 0.320 e. The number of fused-ring (bicyclic) bond motifs is 1. The molecule has 20 heavy (non-hydrogen) atoms. The SMILES string of the molecule is O[C@@H](Cc1nc2ccccc2n1C(F)F)c1cccs1. The lowest BCUT2D eigenvalue weighted by atomic mass is 10.2. The molecule has 1 aromatic carbocycles. The fourth-order valence-electron chi connectivity index (χ4n) is 2.21. The Kier molecular flexibility index (Phi) is 3.50. The highest BCUT2D eigenvalue weighted by atomic mass is 32.1. The first-order valence-corrected chi connectivity index (χ1v) is 7.00. The number of imidazole rings is 1. The van der Waals surface area contributed by atoms with Gasteiger partial charge in [-0.25, -0.2) is 4.98 Å². The van der Waals surface area contributed by atoms with Gasteiger partial charge < -0.3 is 5.11 Å². The van der Waals surface area contributed by atoms with E-state index in [0.29, 0.717) is 11.0 Å². The molecule has 0 aliphatic rings. The summed E-state index contributed by atoms with van der Waals surface area (Å²) in [6.07, 6.45) is -0.746. The molecule has 0 saturated heterocycles. The Hall–Kier alpha value is -1.79. The van der Waals surface area contributed by atoms with Crippen molar-refractivity contribution in [2.24, 2.45) is 0 Å². The van der Waals surface area contributed by atoms with Gasteiger partial charge in [0.25, 0.3) is 0 Å². The molecule has 0 saturated carbocycles. The minimum atomic E-state index is -2.67. The Labute approximate surface area is 118 Å². The van der Waals surface area contributed by atoms with Gasteiger partial charge in [0.1, 0.15) is 5.82 Å². The molecule has 0 aliphatic heterocycles. The normalized spacial score (nSPS) is 13.2. The van der Waals surface area contributed by atoms with Gasteiger partial charge in [-0.1, -0.05) is 18.2 Å². The van der Waals surface area contributed by atoms with Gasteiger partial charge in [-0.2, -0.15) is 8.78 Å². The zero-order valence-electron chi connectivity index (χ0n) is 10.4. The lowest BCUT2D eigenvalue weighted by Gasteiger charge is -2.11. The molecule has 0 unspecified atom stereocenters. The van der Waals surface area contributed by atoms with Crippen molar-refractivity contribution in [3.63, 3.8) is 0 Å². The van der Waals surface area contributed by atoms with E-state index in [4.69, 9.17) is 0 Å². The molecule has 6 heteroatoms. The molecule has 3 rings (SSSR count). The molecule has 0 amide bonds. The number of para-hydroxylation sites is 2. The van der Waals surface area contributed by atoms with E-state index in [0.717, 1.165) is 9.44 Å². The Morgan fingerprint density at radius 1 is 1.20 bits per heavy atom. The predicted molar refractivity (Wildman–Crippen MR) is 74.0 cm³/mol. The van der Waals surface area contributed by atoms with E-state index in [1.807, 2.05) is 11.4 Å². The second-order valence-electron chi connectivity index (χ2n) is 4.40. The van der Waals surface area contributed by atoms with Gasteiger partial charge in [0.15, 0.2) is 0 Å². The number of aliphatic hydroxyl groups is 1. The van der Waals surface area contributed by atoms with Crippen LogP contribution in [0.4, 0.5) is 8.78 Å². The molecular formula is C14H12F2N2OS. The number of rotatable bonds is 4. The third-order valence-corrected chi connectivity index (χ3v) is 4.09. The van der Waals surface area contributed by atoms with Crippen LogP contribution < -0.4 is 0 Å². The zero-order chi connectivity index (χ0) is 14.1. The maximum atomic E-state index is 13.2. The van der Waals surface area contributed by atoms with Crippen LogP contribution in [0.5, 0.6) is 0 Å². The van der Waals surface area contributed by atoms with Gasteiger partial charge in [0, 0.05) is 11.3 Å². The summed E-state index contributed by atoms with van der Waals surface area (Å²) < 4.78 is 27.3. The van der Waals surface area contributed by atoms with Crippen molar-refractivity contribution in [1.82, 2.24) is 9.55 Å². The maximum absolute atomic E-state index is 13.2. The lowest BCUT2D eigenvalue weighted by Crippen LogP contribution is -2.09. The van der Waals surface area contributed by atoms with Crippen LogP contribution in [-0.2, 0) is 6.42 Å². The maximum Gasteiger partial charge on any atom is 0.320 e. The van der Waals surface area contributed by atoms with Crippen molar-refractivity contribution >= 4 is 22.4 Å². The van der Waals surface area contributed by atoms with Crippen molar-refractivity contribution in [2.75, 3.05) is 0 Å². The molecule has 1 N–H and O–H groups in total. The van der Waals surface area contributed by atoms with Crippen molar-refractivity contribution < 1.29 is 13.9 Å². The summed E-state index contributed by atoms with van der Waals surface area (Å²) in [5.74, 6) is 0.196. The standard InChI is InChI=1S/C14H12F2N2OS/c15-14(16)18-10-5-2-1-4-9(10)17-13(18)8-11(19)12-6-3-7-20-12/h1-7,11,14,19H,8H2/t11-/m0/s1. The van der Waals surface area contributed by atoms with Crippen molar-refractivity contribution in [3.05, 3.63) is 52.5 Å². The van der Waals surface area contributed by atoms with Gasteiger partial charge in [-0.05, 0) is 23.6 Å². The molecule has 0 radical (unpaired) electrons. The van der Waals surface area contributed by atoms with Crippen LogP contribution in [0, 0.1) is 0 Å². The van der Waals surface area contributed by atoms with E-state index in [2.05, 4.69) is 4.98 Å².